The summed E-state index contributed by atoms with van der Waals surface area (Å²) >= 11 is 0. The average molecular weight is 202 g/mol. The van der Waals surface area contributed by atoms with Crippen LogP contribution in [0.25, 0.3) is 0 Å². The number of methoxy groups -OCH3 is 1. The third-order valence-electron chi connectivity index (χ3n) is 2.17. The molecular formula is C14H18O. The molecule has 0 amide bonds. The normalized spacial score (nSPS) is 9.20. The third kappa shape index (κ3) is 4.56. The zero-order valence-corrected chi connectivity index (χ0v) is 9.55. The molecule has 1 heteroatoms. The van der Waals surface area contributed by atoms with Gasteiger partial charge in [-0.2, -0.15) is 0 Å². The Morgan fingerprint density at radius 2 is 2.00 bits per heavy atom. The molecule has 15 heavy (non-hydrogen) atoms. The van der Waals surface area contributed by atoms with Crippen molar-refractivity contribution in [1.82, 2.24) is 0 Å². The Labute approximate surface area is 92.5 Å². The second-order valence-corrected chi connectivity index (χ2v) is 3.46. The van der Waals surface area contributed by atoms with Gasteiger partial charge in [-0.1, -0.05) is 19.1 Å². The van der Waals surface area contributed by atoms with Crippen LogP contribution in [0.5, 0.6) is 5.75 Å². The predicted octanol–water partition coefficient (Wildman–Crippen LogP) is 3.43. The summed E-state index contributed by atoms with van der Waals surface area (Å²) in [6, 6.07) is 8.17. The van der Waals surface area contributed by atoms with Gasteiger partial charge in [0.15, 0.2) is 0 Å². The first kappa shape index (κ1) is 11.7. The van der Waals surface area contributed by atoms with Crippen LogP contribution in [0, 0.1) is 11.8 Å². The lowest BCUT2D eigenvalue weighted by Gasteiger charge is -2.01. The first-order chi connectivity index (χ1) is 7.36. The molecule has 0 radical (unpaired) electrons. The molecule has 0 spiro atoms. The first-order valence-electron chi connectivity index (χ1n) is 5.45. The maximum atomic E-state index is 5.16. The van der Waals surface area contributed by atoms with Gasteiger partial charge in [-0.25, -0.2) is 0 Å². The number of unbranched alkanes of at least 4 members (excludes halogenated alkanes) is 1. The van der Waals surface area contributed by atoms with Crippen molar-refractivity contribution in [2.24, 2.45) is 0 Å². The van der Waals surface area contributed by atoms with Crippen molar-refractivity contribution in [2.75, 3.05) is 7.11 Å². The topological polar surface area (TPSA) is 9.23 Å². The molecular weight excluding hydrogens is 184 g/mol. The lowest BCUT2D eigenvalue weighted by Crippen LogP contribution is -1.86. The second-order valence-electron chi connectivity index (χ2n) is 3.46. The van der Waals surface area contributed by atoms with E-state index in [0.717, 1.165) is 31.4 Å². The molecule has 0 aliphatic carbocycles. The van der Waals surface area contributed by atoms with Crippen molar-refractivity contribution in [3.05, 3.63) is 29.8 Å². The van der Waals surface area contributed by atoms with Gasteiger partial charge in [0.05, 0.1) is 7.11 Å². The zero-order valence-electron chi connectivity index (χ0n) is 9.55. The van der Waals surface area contributed by atoms with E-state index in [9.17, 15) is 0 Å². The Kier molecular flexibility index (Phi) is 5.40. The van der Waals surface area contributed by atoms with Crippen LogP contribution in [0.15, 0.2) is 24.3 Å². The first-order valence-corrected chi connectivity index (χ1v) is 5.45. The van der Waals surface area contributed by atoms with Crippen molar-refractivity contribution in [2.45, 2.75) is 32.6 Å². The van der Waals surface area contributed by atoms with Gasteiger partial charge in [0, 0.05) is 12.8 Å². The van der Waals surface area contributed by atoms with Gasteiger partial charge >= 0.3 is 0 Å². The molecule has 80 valence electrons. The van der Waals surface area contributed by atoms with Crippen LogP contribution < -0.4 is 4.74 Å². The Morgan fingerprint density at radius 1 is 1.20 bits per heavy atom. The second kappa shape index (κ2) is 6.95. The number of ether oxygens (including phenoxy) is 1. The number of hydrogen-bond donors (Lipinski definition) is 0. The van der Waals surface area contributed by atoms with Crippen LogP contribution >= 0.6 is 0 Å². The highest BCUT2D eigenvalue weighted by atomic mass is 16.5. The van der Waals surface area contributed by atoms with Gasteiger partial charge in [-0.05, 0) is 30.5 Å². The summed E-state index contributed by atoms with van der Waals surface area (Å²) in [6.45, 7) is 2.15. The molecule has 0 saturated heterocycles. The summed E-state index contributed by atoms with van der Waals surface area (Å²) in [5.74, 6) is 7.26. The van der Waals surface area contributed by atoms with E-state index >= 15 is 0 Å². The smallest absolute Gasteiger partial charge is 0.119 e. The maximum absolute atomic E-state index is 5.16. The lowest BCUT2D eigenvalue weighted by molar-refractivity contribution is 0.414. The third-order valence-corrected chi connectivity index (χ3v) is 2.17. The average Bonchev–Trinajstić information content (AvgIpc) is 2.29. The molecule has 0 aromatic heterocycles. The van der Waals surface area contributed by atoms with Crippen LogP contribution in [-0.2, 0) is 6.42 Å². The quantitative estimate of drug-likeness (QED) is 0.680. The highest BCUT2D eigenvalue weighted by Crippen LogP contribution is 2.13. The van der Waals surface area contributed by atoms with E-state index in [4.69, 9.17) is 4.74 Å². The lowest BCUT2D eigenvalue weighted by atomic mass is 10.1. The Hall–Kier alpha value is -1.42. The molecule has 0 heterocycles. The number of hydrogen-bond acceptors (Lipinski definition) is 1. The van der Waals surface area contributed by atoms with Crippen LogP contribution in [0.2, 0.25) is 0 Å². The summed E-state index contributed by atoms with van der Waals surface area (Å²) in [7, 11) is 1.69. The van der Waals surface area contributed by atoms with E-state index in [1.165, 1.54) is 5.56 Å². The molecule has 0 saturated carbocycles. The van der Waals surface area contributed by atoms with Crippen LogP contribution in [0.3, 0.4) is 0 Å². The van der Waals surface area contributed by atoms with E-state index in [0.29, 0.717) is 0 Å². The van der Waals surface area contributed by atoms with Crippen LogP contribution in [0.1, 0.15) is 31.7 Å². The fraction of sp³-hybridized carbons (Fsp3) is 0.429. The summed E-state index contributed by atoms with van der Waals surface area (Å²) < 4.78 is 5.16. The summed E-state index contributed by atoms with van der Waals surface area (Å²) in [5.41, 5.74) is 1.29. The Morgan fingerprint density at radius 3 is 2.73 bits per heavy atom. The van der Waals surface area contributed by atoms with E-state index < -0.39 is 0 Å². The van der Waals surface area contributed by atoms with Crippen LogP contribution in [-0.4, -0.2) is 7.11 Å². The molecule has 0 fully saturated rings. The highest BCUT2D eigenvalue weighted by molar-refractivity contribution is 5.28. The fourth-order valence-corrected chi connectivity index (χ4v) is 1.34. The van der Waals surface area contributed by atoms with Gasteiger partial charge in [-0.3, -0.25) is 0 Å². The Bertz CT molecular complexity index is 344. The maximum Gasteiger partial charge on any atom is 0.119 e. The summed E-state index contributed by atoms with van der Waals surface area (Å²) in [5, 5.41) is 0. The van der Waals surface area contributed by atoms with Gasteiger partial charge in [0.1, 0.15) is 5.75 Å². The minimum atomic E-state index is 0.925. The molecule has 1 nitrogen and oxygen atoms in total. The molecule has 0 unspecified atom stereocenters. The molecule has 0 aliphatic rings. The molecule has 1 aromatic carbocycles. The standard InChI is InChI=1S/C14H18O/c1-3-4-5-6-7-9-13-10-8-11-14(12-13)15-2/h8,10-12H,3-4,7,9H2,1-2H3. The molecule has 0 N–H and O–H groups in total. The zero-order chi connectivity index (χ0) is 10.9. The molecule has 1 aromatic rings. The monoisotopic (exact) mass is 202 g/mol. The van der Waals surface area contributed by atoms with Crippen molar-refractivity contribution in [3.63, 3.8) is 0 Å². The van der Waals surface area contributed by atoms with Crippen molar-refractivity contribution < 1.29 is 4.74 Å². The predicted molar refractivity (Wildman–Crippen MR) is 64.0 cm³/mol. The minimum Gasteiger partial charge on any atom is -0.497 e. The number of aryl methyl sites for hydroxylation is 1. The van der Waals surface area contributed by atoms with Crippen molar-refractivity contribution in [1.29, 1.82) is 0 Å². The molecule has 0 aliphatic heterocycles. The van der Waals surface area contributed by atoms with E-state index in [2.05, 4.69) is 30.9 Å². The molecule has 0 bridgehead atoms. The molecule has 1 rings (SSSR count). The summed E-state index contributed by atoms with van der Waals surface area (Å²) in [4.78, 5) is 0. The minimum absolute atomic E-state index is 0.925. The van der Waals surface area contributed by atoms with E-state index in [1.807, 2.05) is 12.1 Å². The summed E-state index contributed by atoms with van der Waals surface area (Å²) in [6.07, 6.45) is 4.10. The van der Waals surface area contributed by atoms with Gasteiger partial charge < -0.3 is 4.74 Å². The van der Waals surface area contributed by atoms with E-state index in [1.54, 1.807) is 7.11 Å². The van der Waals surface area contributed by atoms with E-state index in [-0.39, 0.29) is 0 Å². The van der Waals surface area contributed by atoms with Crippen molar-refractivity contribution >= 4 is 0 Å². The Balaban J connectivity index is 2.41. The number of rotatable bonds is 4. The highest BCUT2D eigenvalue weighted by Gasteiger charge is 1.93. The van der Waals surface area contributed by atoms with Crippen LogP contribution in [0.4, 0.5) is 0 Å². The van der Waals surface area contributed by atoms with Gasteiger partial charge in [0.25, 0.3) is 0 Å². The largest absolute Gasteiger partial charge is 0.497 e. The van der Waals surface area contributed by atoms with Gasteiger partial charge in [0.2, 0.25) is 0 Å². The number of benzene rings is 1. The van der Waals surface area contributed by atoms with Crippen molar-refractivity contribution in [3.8, 4) is 17.6 Å². The molecule has 0 atom stereocenters. The fourth-order valence-electron chi connectivity index (χ4n) is 1.34. The SMILES string of the molecule is CCCC#CCCc1cccc(OC)c1. The van der Waals surface area contributed by atoms with Gasteiger partial charge in [-0.15, -0.1) is 11.8 Å².